The quantitative estimate of drug-likeness (QED) is 0.564. The normalized spacial score (nSPS) is 14.0. The molecule has 1 aromatic heterocycles. The predicted octanol–water partition coefficient (Wildman–Crippen LogP) is 4.40. The van der Waals surface area contributed by atoms with Crippen molar-refractivity contribution >= 4 is 17.6 Å². The van der Waals surface area contributed by atoms with E-state index in [0.29, 0.717) is 17.0 Å². The predicted molar refractivity (Wildman–Crippen MR) is 100 cm³/mol. The van der Waals surface area contributed by atoms with E-state index in [1.807, 2.05) is 13.0 Å². The van der Waals surface area contributed by atoms with Crippen molar-refractivity contribution in [2.24, 2.45) is 4.40 Å². The minimum Gasteiger partial charge on any atom is -0.591 e. The largest absolute Gasteiger partial charge is 0.591 e. The molecule has 0 bridgehead atoms. The van der Waals surface area contributed by atoms with Gasteiger partial charge in [0.1, 0.15) is 27.5 Å². The van der Waals surface area contributed by atoms with E-state index in [1.54, 1.807) is 33.8 Å². The summed E-state index contributed by atoms with van der Waals surface area (Å²) in [5.74, 6) is 0.408. The van der Waals surface area contributed by atoms with E-state index in [-0.39, 0.29) is 5.56 Å². The first-order valence-corrected chi connectivity index (χ1v) is 9.24. The maximum atomic E-state index is 13.4. The Morgan fingerprint density at radius 3 is 2.37 bits per heavy atom. The highest BCUT2D eigenvalue weighted by Crippen LogP contribution is 2.33. The Morgan fingerprint density at radius 2 is 1.85 bits per heavy atom. The molecule has 0 saturated carbocycles. The van der Waals surface area contributed by atoms with Gasteiger partial charge in [-0.25, -0.2) is 4.68 Å². The first kappa shape index (κ1) is 21.3. The molecule has 1 heterocycles. The number of alkyl halides is 3. The average molecular weight is 401 g/mol. The molecule has 0 aliphatic carbocycles. The van der Waals surface area contributed by atoms with Crippen molar-refractivity contribution in [3.63, 3.8) is 0 Å². The molecule has 9 heteroatoms. The summed E-state index contributed by atoms with van der Waals surface area (Å²) >= 11 is -1.68. The van der Waals surface area contributed by atoms with Gasteiger partial charge < -0.3 is 9.29 Å². The number of methoxy groups -OCH3 is 1. The van der Waals surface area contributed by atoms with Crippen molar-refractivity contribution < 1.29 is 22.5 Å². The first-order chi connectivity index (χ1) is 12.3. The summed E-state index contributed by atoms with van der Waals surface area (Å²) in [5.41, 5.74) is 0.676. The van der Waals surface area contributed by atoms with E-state index in [0.717, 1.165) is 16.5 Å². The molecule has 0 fully saturated rings. The van der Waals surface area contributed by atoms with E-state index in [2.05, 4.69) is 9.50 Å². The molecule has 0 N–H and O–H groups in total. The lowest BCUT2D eigenvalue weighted by Gasteiger charge is -2.17. The fraction of sp³-hybridized carbons (Fsp3) is 0.444. The van der Waals surface area contributed by atoms with Crippen LogP contribution < -0.4 is 4.74 Å². The highest BCUT2D eigenvalue weighted by Gasteiger charge is 2.38. The Hall–Kier alpha value is -2.00. The molecular formula is C18H22F3N3O2S. The van der Waals surface area contributed by atoms with Gasteiger partial charge in [0.2, 0.25) is 0 Å². The van der Waals surface area contributed by atoms with Gasteiger partial charge in [0, 0.05) is 11.8 Å². The van der Waals surface area contributed by atoms with Gasteiger partial charge in [-0.05, 0) is 51.8 Å². The van der Waals surface area contributed by atoms with Crippen molar-refractivity contribution in [1.82, 2.24) is 9.78 Å². The van der Waals surface area contributed by atoms with Crippen LogP contribution in [0.5, 0.6) is 5.75 Å². The van der Waals surface area contributed by atoms with Crippen LogP contribution >= 0.6 is 0 Å². The van der Waals surface area contributed by atoms with Crippen LogP contribution in [-0.4, -0.2) is 32.4 Å². The molecule has 2 aromatic rings. The van der Waals surface area contributed by atoms with Crippen molar-refractivity contribution in [3.8, 4) is 11.4 Å². The second kappa shape index (κ2) is 7.55. The molecule has 2 rings (SSSR count). The smallest absolute Gasteiger partial charge is 0.435 e. The number of rotatable bonds is 4. The number of ether oxygens (including phenoxy) is 1. The number of aryl methyl sites for hydroxylation is 2. The second-order valence-corrected chi connectivity index (χ2v) is 9.04. The third-order valence-electron chi connectivity index (χ3n) is 3.68. The monoisotopic (exact) mass is 401 g/mol. The zero-order chi connectivity index (χ0) is 20.6. The maximum absolute atomic E-state index is 13.4. The molecule has 27 heavy (non-hydrogen) atoms. The summed E-state index contributed by atoms with van der Waals surface area (Å²) in [6.07, 6.45) is -2.50. The topological polar surface area (TPSA) is 62.5 Å². The molecular weight excluding hydrogens is 379 g/mol. The van der Waals surface area contributed by atoms with Gasteiger partial charge in [-0.1, -0.05) is 10.5 Å². The van der Waals surface area contributed by atoms with Gasteiger partial charge in [0.15, 0.2) is 5.69 Å². The average Bonchev–Trinajstić information content (AvgIpc) is 2.94. The highest BCUT2D eigenvalue weighted by molar-refractivity contribution is 7.91. The number of hydrogen-bond acceptors (Lipinski definition) is 4. The lowest BCUT2D eigenvalue weighted by Crippen LogP contribution is -2.25. The summed E-state index contributed by atoms with van der Waals surface area (Å²) in [7, 11) is 1.45. The zero-order valence-corrected chi connectivity index (χ0v) is 16.8. The molecule has 1 aromatic carbocycles. The van der Waals surface area contributed by atoms with Gasteiger partial charge in [-0.2, -0.15) is 18.3 Å². The molecule has 0 spiro atoms. The van der Waals surface area contributed by atoms with Gasteiger partial charge in [0.25, 0.3) is 0 Å². The minimum absolute atomic E-state index is 0.262. The molecule has 5 nitrogen and oxygen atoms in total. The van der Waals surface area contributed by atoms with Crippen LogP contribution in [0.15, 0.2) is 22.7 Å². The Bertz CT molecular complexity index is 855. The highest BCUT2D eigenvalue weighted by atomic mass is 32.2. The zero-order valence-electron chi connectivity index (χ0n) is 16.0. The standard InChI is InChI=1S/C18H22F3N3O2S/c1-11-7-12(2)15(14(8-11)26-6)24-10-13(16(23-24)18(19,20)21)9-22-27(25)17(3,4)5/h7-10H,1-6H3/b22-9-/t27-/m1/s1. The van der Waals surface area contributed by atoms with E-state index in [9.17, 15) is 17.7 Å². The van der Waals surface area contributed by atoms with E-state index in [1.165, 1.54) is 13.3 Å². The molecule has 148 valence electrons. The Morgan fingerprint density at radius 1 is 1.22 bits per heavy atom. The first-order valence-electron chi connectivity index (χ1n) is 8.13. The lowest BCUT2D eigenvalue weighted by molar-refractivity contribution is -0.141. The van der Waals surface area contributed by atoms with Crippen LogP contribution in [0.3, 0.4) is 0 Å². The van der Waals surface area contributed by atoms with Gasteiger partial charge in [-0.3, -0.25) is 0 Å². The molecule has 1 atom stereocenters. The van der Waals surface area contributed by atoms with Crippen LogP contribution in [0.2, 0.25) is 0 Å². The number of aromatic nitrogens is 2. The number of nitrogens with zero attached hydrogens (tertiary/aromatic N) is 3. The Kier molecular flexibility index (Phi) is 5.96. The third-order valence-corrected chi connectivity index (χ3v) is 5.03. The number of benzene rings is 1. The Labute approximate surface area is 159 Å². The van der Waals surface area contributed by atoms with E-state index >= 15 is 0 Å². The number of halogens is 3. The molecule has 0 amide bonds. The fourth-order valence-corrected chi connectivity index (χ4v) is 2.98. The third kappa shape index (κ3) is 4.84. The molecule has 0 aliphatic rings. The van der Waals surface area contributed by atoms with Crippen molar-refractivity contribution in [1.29, 1.82) is 0 Å². The SMILES string of the molecule is COc1cc(C)cc(C)c1-n1cc(/C=N\[S@+]([O-])C(C)(C)C)c(C(F)(F)F)n1. The molecule has 0 radical (unpaired) electrons. The van der Waals surface area contributed by atoms with Crippen LogP contribution in [0, 0.1) is 13.8 Å². The summed E-state index contributed by atoms with van der Waals surface area (Å²) < 4.78 is 61.9. The number of hydrogen-bond donors (Lipinski definition) is 0. The van der Waals surface area contributed by atoms with Crippen molar-refractivity contribution in [2.45, 2.75) is 45.5 Å². The van der Waals surface area contributed by atoms with Crippen LogP contribution in [0.25, 0.3) is 5.69 Å². The van der Waals surface area contributed by atoms with Gasteiger partial charge in [0.05, 0.1) is 13.3 Å². The summed E-state index contributed by atoms with van der Waals surface area (Å²) in [6.45, 7) is 8.70. The summed E-state index contributed by atoms with van der Waals surface area (Å²) in [6, 6.07) is 3.55. The van der Waals surface area contributed by atoms with Crippen LogP contribution in [0.4, 0.5) is 13.2 Å². The molecule has 0 unspecified atom stereocenters. The van der Waals surface area contributed by atoms with Gasteiger partial charge in [-0.15, -0.1) is 0 Å². The minimum atomic E-state index is -4.68. The van der Waals surface area contributed by atoms with E-state index < -0.39 is 28.0 Å². The summed E-state index contributed by atoms with van der Waals surface area (Å²) in [4.78, 5) is 0. The molecule has 0 aliphatic heterocycles. The summed E-state index contributed by atoms with van der Waals surface area (Å²) in [5, 5.41) is 3.71. The maximum Gasteiger partial charge on any atom is 0.435 e. The van der Waals surface area contributed by atoms with Gasteiger partial charge >= 0.3 is 6.18 Å². The fourth-order valence-electron chi connectivity index (χ4n) is 2.45. The Balaban J connectivity index is 2.60. The molecule has 0 saturated heterocycles. The van der Waals surface area contributed by atoms with Crippen molar-refractivity contribution in [3.05, 3.63) is 40.7 Å². The van der Waals surface area contributed by atoms with Crippen molar-refractivity contribution in [2.75, 3.05) is 7.11 Å². The second-order valence-electron chi connectivity index (χ2n) is 7.10. The van der Waals surface area contributed by atoms with Crippen LogP contribution in [0.1, 0.15) is 43.2 Å². The van der Waals surface area contributed by atoms with E-state index in [4.69, 9.17) is 4.74 Å². The van der Waals surface area contributed by atoms with Crippen LogP contribution in [-0.2, 0) is 17.5 Å². The lowest BCUT2D eigenvalue weighted by atomic mass is 10.1.